The van der Waals surface area contributed by atoms with Gasteiger partial charge in [0, 0.05) is 35.8 Å². The molecule has 24 heavy (non-hydrogen) atoms. The fraction of sp³-hybridized carbons (Fsp3) is 0.400. The first-order valence-electron chi connectivity index (χ1n) is 8.67. The zero-order chi connectivity index (χ0) is 16.7. The average Bonchev–Trinajstić information content (AvgIpc) is 3.37. The largest absolute Gasteiger partial charge is 0.359 e. The Morgan fingerprint density at radius 2 is 2.12 bits per heavy atom. The molecule has 0 amide bonds. The molecule has 1 aliphatic carbocycles. The number of nitrogens with zero attached hydrogens (tertiary/aromatic N) is 3. The van der Waals surface area contributed by atoms with Crippen molar-refractivity contribution in [3.05, 3.63) is 64.7 Å². The van der Waals surface area contributed by atoms with Gasteiger partial charge in [0.25, 0.3) is 0 Å². The van der Waals surface area contributed by atoms with E-state index < -0.39 is 0 Å². The van der Waals surface area contributed by atoms with Crippen LogP contribution in [0.15, 0.2) is 37.2 Å². The zero-order valence-electron chi connectivity index (χ0n) is 14.0. The van der Waals surface area contributed by atoms with E-state index in [-0.39, 0.29) is 6.04 Å². The maximum Gasteiger partial charge on any atom is 0.134 e. The van der Waals surface area contributed by atoms with Gasteiger partial charge in [-0.2, -0.15) is 0 Å². The summed E-state index contributed by atoms with van der Waals surface area (Å²) in [7, 11) is 0. The molecule has 4 heteroatoms. The summed E-state index contributed by atoms with van der Waals surface area (Å²) in [6, 6.07) is 6.54. The number of aromatic nitrogens is 2. The SMILES string of the molecule is C=C1c2ccnc(Cl)c2CN1C(C)c1ccc(CCC2CC2)cn1. The van der Waals surface area contributed by atoms with Crippen LogP contribution in [-0.4, -0.2) is 14.9 Å². The van der Waals surface area contributed by atoms with E-state index in [0.29, 0.717) is 5.15 Å². The van der Waals surface area contributed by atoms with Gasteiger partial charge in [0.05, 0.1) is 11.7 Å². The fourth-order valence-electron chi connectivity index (χ4n) is 3.45. The van der Waals surface area contributed by atoms with Gasteiger partial charge in [0.1, 0.15) is 5.15 Å². The minimum Gasteiger partial charge on any atom is -0.359 e. The Hall–Kier alpha value is -1.87. The van der Waals surface area contributed by atoms with Gasteiger partial charge in [-0.15, -0.1) is 0 Å². The molecule has 0 spiro atoms. The first kappa shape index (κ1) is 15.6. The van der Waals surface area contributed by atoms with Crippen LogP contribution in [-0.2, 0) is 13.0 Å². The third kappa shape index (κ3) is 2.93. The van der Waals surface area contributed by atoms with Crippen LogP contribution in [0, 0.1) is 5.92 Å². The van der Waals surface area contributed by atoms with E-state index in [1.54, 1.807) is 6.20 Å². The molecule has 1 saturated carbocycles. The van der Waals surface area contributed by atoms with Crippen molar-refractivity contribution in [1.29, 1.82) is 0 Å². The Morgan fingerprint density at radius 1 is 1.29 bits per heavy atom. The lowest BCUT2D eigenvalue weighted by Crippen LogP contribution is -2.20. The maximum absolute atomic E-state index is 6.24. The van der Waals surface area contributed by atoms with Crippen molar-refractivity contribution in [2.45, 2.75) is 45.2 Å². The van der Waals surface area contributed by atoms with Crippen molar-refractivity contribution in [2.75, 3.05) is 0 Å². The van der Waals surface area contributed by atoms with Crippen LogP contribution in [0.4, 0.5) is 0 Å². The summed E-state index contributed by atoms with van der Waals surface area (Å²) in [6.07, 6.45) is 9.06. The van der Waals surface area contributed by atoms with Crippen molar-refractivity contribution in [3.8, 4) is 0 Å². The molecule has 2 aromatic heterocycles. The molecule has 124 valence electrons. The minimum absolute atomic E-state index is 0.165. The number of rotatable bonds is 5. The fourth-order valence-corrected chi connectivity index (χ4v) is 3.66. The first-order chi connectivity index (χ1) is 11.6. The van der Waals surface area contributed by atoms with E-state index in [0.717, 1.165) is 41.4 Å². The van der Waals surface area contributed by atoms with Crippen LogP contribution in [0.2, 0.25) is 5.15 Å². The van der Waals surface area contributed by atoms with Crippen LogP contribution >= 0.6 is 11.6 Å². The predicted molar refractivity (Wildman–Crippen MR) is 97.5 cm³/mol. The van der Waals surface area contributed by atoms with E-state index in [4.69, 9.17) is 16.6 Å². The van der Waals surface area contributed by atoms with Crippen molar-refractivity contribution in [3.63, 3.8) is 0 Å². The minimum atomic E-state index is 0.165. The van der Waals surface area contributed by atoms with E-state index >= 15 is 0 Å². The van der Waals surface area contributed by atoms with Crippen molar-refractivity contribution < 1.29 is 0 Å². The number of hydrogen-bond donors (Lipinski definition) is 0. The predicted octanol–water partition coefficient (Wildman–Crippen LogP) is 5.02. The number of fused-ring (bicyclic) bond motifs is 1. The molecule has 1 unspecified atom stereocenters. The topological polar surface area (TPSA) is 29.0 Å². The van der Waals surface area contributed by atoms with Gasteiger partial charge in [-0.25, -0.2) is 4.98 Å². The van der Waals surface area contributed by atoms with Crippen molar-refractivity contribution >= 4 is 17.3 Å². The summed E-state index contributed by atoms with van der Waals surface area (Å²) in [4.78, 5) is 11.1. The molecule has 2 aliphatic rings. The molecule has 0 saturated heterocycles. The van der Waals surface area contributed by atoms with E-state index in [1.807, 2.05) is 12.3 Å². The highest BCUT2D eigenvalue weighted by molar-refractivity contribution is 6.30. The summed E-state index contributed by atoms with van der Waals surface area (Å²) in [5, 5.41) is 0.576. The lowest BCUT2D eigenvalue weighted by atomic mass is 10.1. The van der Waals surface area contributed by atoms with Gasteiger partial charge in [0.2, 0.25) is 0 Å². The standard InChI is InChI=1S/C20H22ClN3/c1-13-17-9-10-22-20(21)18(17)12-24(13)14(2)19-8-7-16(11-23-19)6-5-15-3-4-15/h7-11,14-15H,1,3-6,12H2,2H3. The van der Waals surface area contributed by atoms with Gasteiger partial charge in [0.15, 0.2) is 0 Å². The smallest absolute Gasteiger partial charge is 0.134 e. The Balaban J connectivity index is 1.48. The van der Waals surface area contributed by atoms with Crippen LogP contribution in [0.25, 0.3) is 5.70 Å². The summed E-state index contributed by atoms with van der Waals surface area (Å²) in [6.45, 7) is 7.16. The van der Waals surface area contributed by atoms with Crippen LogP contribution in [0.5, 0.6) is 0 Å². The second-order valence-corrected chi connectivity index (χ2v) is 7.31. The Morgan fingerprint density at radius 3 is 2.79 bits per heavy atom. The molecule has 1 aliphatic heterocycles. The molecular formula is C20H22ClN3. The third-order valence-corrected chi connectivity index (χ3v) is 5.60. The molecule has 3 heterocycles. The van der Waals surface area contributed by atoms with Crippen LogP contribution in [0.3, 0.4) is 0 Å². The molecule has 0 N–H and O–H groups in total. The van der Waals surface area contributed by atoms with Crippen molar-refractivity contribution in [2.24, 2.45) is 5.92 Å². The lowest BCUT2D eigenvalue weighted by molar-refractivity contribution is 0.319. The molecule has 1 atom stereocenters. The Labute approximate surface area is 148 Å². The molecule has 0 bridgehead atoms. The zero-order valence-corrected chi connectivity index (χ0v) is 14.8. The van der Waals surface area contributed by atoms with Gasteiger partial charge in [-0.1, -0.05) is 37.1 Å². The molecule has 2 aromatic rings. The second-order valence-electron chi connectivity index (χ2n) is 6.95. The highest BCUT2D eigenvalue weighted by atomic mass is 35.5. The summed E-state index contributed by atoms with van der Waals surface area (Å²) in [5.41, 5.74) is 5.58. The van der Waals surface area contributed by atoms with Crippen LogP contribution < -0.4 is 0 Å². The molecule has 0 aromatic carbocycles. The molecule has 0 radical (unpaired) electrons. The quantitative estimate of drug-likeness (QED) is 0.716. The number of halogens is 1. The van der Waals surface area contributed by atoms with Crippen LogP contribution in [0.1, 0.15) is 54.6 Å². The van der Waals surface area contributed by atoms with Crippen molar-refractivity contribution in [1.82, 2.24) is 14.9 Å². The summed E-state index contributed by atoms with van der Waals surface area (Å²) >= 11 is 6.24. The number of pyridine rings is 2. The Bertz CT molecular complexity index is 765. The second kappa shape index (κ2) is 6.21. The lowest BCUT2D eigenvalue weighted by Gasteiger charge is -2.27. The molecule has 4 rings (SSSR count). The number of aryl methyl sites for hydroxylation is 1. The third-order valence-electron chi connectivity index (χ3n) is 5.27. The molecular weight excluding hydrogens is 318 g/mol. The first-order valence-corrected chi connectivity index (χ1v) is 9.05. The van der Waals surface area contributed by atoms with Gasteiger partial charge in [-0.05, 0) is 43.4 Å². The van der Waals surface area contributed by atoms with E-state index in [2.05, 4.69) is 35.5 Å². The summed E-state index contributed by atoms with van der Waals surface area (Å²) in [5.74, 6) is 0.966. The normalized spacial score (nSPS) is 17.9. The van der Waals surface area contributed by atoms with Gasteiger partial charge >= 0.3 is 0 Å². The monoisotopic (exact) mass is 339 g/mol. The van der Waals surface area contributed by atoms with Gasteiger partial charge in [-0.3, -0.25) is 4.98 Å². The van der Waals surface area contributed by atoms with E-state index in [9.17, 15) is 0 Å². The summed E-state index contributed by atoms with van der Waals surface area (Å²) < 4.78 is 0. The number of hydrogen-bond acceptors (Lipinski definition) is 3. The highest BCUT2D eigenvalue weighted by Crippen LogP contribution is 2.39. The highest BCUT2D eigenvalue weighted by Gasteiger charge is 2.29. The maximum atomic E-state index is 6.24. The Kier molecular flexibility index (Phi) is 4.05. The van der Waals surface area contributed by atoms with E-state index in [1.165, 1.54) is 24.8 Å². The van der Waals surface area contributed by atoms with Gasteiger partial charge < -0.3 is 4.90 Å². The average molecular weight is 340 g/mol. The molecule has 1 fully saturated rings. The molecule has 3 nitrogen and oxygen atoms in total.